The highest BCUT2D eigenvalue weighted by molar-refractivity contribution is 6.05. The zero-order valence-electron chi connectivity index (χ0n) is 21.0. The van der Waals surface area contributed by atoms with Gasteiger partial charge in [-0.3, -0.25) is 4.79 Å². The number of carbonyl (C=O) groups is 1. The van der Waals surface area contributed by atoms with Crippen molar-refractivity contribution in [3.8, 4) is 0 Å². The van der Waals surface area contributed by atoms with Crippen LogP contribution in [0.5, 0.6) is 0 Å². The number of nitrogens with zero attached hydrogens (tertiary/aromatic N) is 3. The number of carbonyl (C=O) groups excluding carboxylic acids is 1. The van der Waals surface area contributed by atoms with Gasteiger partial charge in [0.25, 0.3) is 5.91 Å². The summed E-state index contributed by atoms with van der Waals surface area (Å²) in [4.78, 5) is 25.8. The minimum Gasteiger partial charge on any atom is -0.397 e. The number of nitrogens with one attached hydrogen (secondary N) is 3. The van der Waals surface area contributed by atoms with Gasteiger partial charge in [-0.05, 0) is 65.8 Å². The molecule has 2 aromatic carbocycles. The molecule has 0 aliphatic heterocycles. The van der Waals surface area contributed by atoms with Crippen LogP contribution in [0, 0.1) is 16.7 Å². The molecule has 9 heteroatoms. The molecular formula is C27H34N8O. The first kappa shape index (κ1) is 23.8. The van der Waals surface area contributed by atoms with E-state index in [0.717, 1.165) is 5.56 Å². The van der Waals surface area contributed by atoms with Crippen LogP contribution >= 0.6 is 0 Å². The van der Waals surface area contributed by atoms with Crippen molar-refractivity contribution in [2.75, 3.05) is 27.4 Å². The van der Waals surface area contributed by atoms with Crippen LogP contribution in [-0.2, 0) is 6.54 Å². The fourth-order valence-corrected chi connectivity index (χ4v) is 6.09. The lowest BCUT2D eigenvalue weighted by Gasteiger charge is -2.43. The predicted molar refractivity (Wildman–Crippen MR) is 143 cm³/mol. The summed E-state index contributed by atoms with van der Waals surface area (Å²) in [5.74, 6) is 1.59. The fraction of sp³-hybridized carbons (Fsp3) is 0.407. The molecule has 2 aliphatic carbocycles. The zero-order valence-corrected chi connectivity index (χ0v) is 21.0. The molecule has 5 rings (SSSR count). The van der Waals surface area contributed by atoms with Gasteiger partial charge in [-0.2, -0.15) is 15.0 Å². The summed E-state index contributed by atoms with van der Waals surface area (Å²) in [7, 11) is 0. The number of fused-ring (bicyclic) bond motifs is 2. The third-order valence-electron chi connectivity index (χ3n) is 8.07. The van der Waals surface area contributed by atoms with Gasteiger partial charge in [-0.25, -0.2) is 0 Å². The van der Waals surface area contributed by atoms with Crippen LogP contribution in [-0.4, -0.2) is 26.9 Å². The molecule has 0 radical (unpaired) electrons. The molecule has 0 spiro atoms. The van der Waals surface area contributed by atoms with E-state index in [1.165, 1.54) is 19.3 Å². The second-order valence-corrected chi connectivity index (χ2v) is 10.9. The predicted octanol–water partition coefficient (Wildman–Crippen LogP) is 4.53. The lowest BCUT2D eigenvalue weighted by Crippen LogP contribution is -2.46. The molecular weight excluding hydrogens is 452 g/mol. The monoisotopic (exact) mass is 486 g/mol. The Morgan fingerprint density at radius 1 is 1.00 bits per heavy atom. The van der Waals surface area contributed by atoms with Crippen molar-refractivity contribution in [2.45, 2.75) is 52.6 Å². The first-order valence-electron chi connectivity index (χ1n) is 12.4. The molecule has 2 saturated carbocycles. The van der Waals surface area contributed by atoms with Gasteiger partial charge >= 0.3 is 0 Å². The molecule has 1 amide bonds. The summed E-state index contributed by atoms with van der Waals surface area (Å²) in [5, 5.41) is 9.66. The lowest BCUT2D eigenvalue weighted by molar-refractivity contribution is 0.102. The molecule has 36 heavy (non-hydrogen) atoms. The summed E-state index contributed by atoms with van der Waals surface area (Å²) in [6.07, 6.45) is 3.74. The van der Waals surface area contributed by atoms with Crippen molar-refractivity contribution in [3.05, 3.63) is 59.7 Å². The van der Waals surface area contributed by atoms with E-state index in [9.17, 15) is 4.79 Å². The van der Waals surface area contributed by atoms with Crippen LogP contribution in [0.1, 0.15) is 56.0 Å². The number of anilines is 5. The Morgan fingerprint density at radius 3 is 2.42 bits per heavy atom. The summed E-state index contributed by atoms with van der Waals surface area (Å²) < 4.78 is 0. The Balaban J connectivity index is 1.22. The van der Waals surface area contributed by atoms with Gasteiger partial charge in [0, 0.05) is 18.2 Å². The number of aromatic nitrogens is 3. The maximum Gasteiger partial charge on any atom is 0.255 e. The van der Waals surface area contributed by atoms with E-state index >= 15 is 0 Å². The number of benzene rings is 2. The maximum atomic E-state index is 12.6. The van der Waals surface area contributed by atoms with Gasteiger partial charge in [0.05, 0.1) is 11.4 Å². The van der Waals surface area contributed by atoms with Crippen molar-refractivity contribution >= 4 is 35.1 Å². The Bertz CT molecular complexity index is 1270. The normalized spacial score (nSPS) is 23.9. The van der Waals surface area contributed by atoms with E-state index in [2.05, 4.69) is 51.7 Å². The Morgan fingerprint density at radius 2 is 1.72 bits per heavy atom. The SMILES string of the molecule is CC1(C)C2CC[C@](C)(C2)C1Nc1nc(N)nc(NCc2ccc(C(=O)Nc3ccccc3N)cc2)n1. The van der Waals surface area contributed by atoms with Crippen LogP contribution < -0.4 is 27.4 Å². The van der Waals surface area contributed by atoms with Crippen LogP contribution in [0.2, 0.25) is 0 Å². The fourth-order valence-electron chi connectivity index (χ4n) is 6.09. The molecule has 9 nitrogen and oxygen atoms in total. The second kappa shape index (κ2) is 8.96. The number of hydrogen-bond acceptors (Lipinski definition) is 8. The number of hydrogen-bond donors (Lipinski definition) is 5. The van der Waals surface area contributed by atoms with Gasteiger partial charge < -0.3 is 27.4 Å². The van der Waals surface area contributed by atoms with Crippen LogP contribution in [0.3, 0.4) is 0 Å². The maximum absolute atomic E-state index is 12.6. The molecule has 0 saturated heterocycles. The molecule has 7 N–H and O–H groups in total. The van der Waals surface area contributed by atoms with E-state index in [0.29, 0.717) is 41.3 Å². The van der Waals surface area contributed by atoms with Gasteiger partial charge in [0.2, 0.25) is 17.8 Å². The number of nitrogen functional groups attached to an aromatic ring is 2. The number of rotatable bonds is 7. The summed E-state index contributed by atoms with van der Waals surface area (Å²) in [5.41, 5.74) is 15.0. The van der Waals surface area contributed by atoms with E-state index in [1.54, 1.807) is 24.3 Å². The molecule has 2 bridgehead atoms. The van der Waals surface area contributed by atoms with Gasteiger partial charge in [-0.1, -0.05) is 45.0 Å². The standard InChI is InChI=1S/C27H34N8O/c1-26(2)18-12-13-27(3,14-18)22(26)32-25-34-23(29)33-24(35-25)30-15-16-8-10-17(11-9-16)21(36)31-20-7-5-4-6-19(20)28/h4-11,18,22H,12-15,28H2,1-3H3,(H,31,36)(H4,29,30,32,33,34,35)/t18?,22?,27-/m1/s1. The zero-order chi connectivity index (χ0) is 25.5. The number of amides is 1. The van der Waals surface area contributed by atoms with Gasteiger partial charge in [0.1, 0.15) is 0 Å². The van der Waals surface area contributed by atoms with Crippen molar-refractivity contribution in [2.24, 2.45) is 16.7 Å². The molecule has 2 fully saturated rings. The molecule has 1 heterocycles. The summed E-state index contributed by atoms with van der Waals surface area (Å²) in [6.45, 7) is 7.51. The first-order chi connectivity index (χ1) is 17.1. The Labute approximate surface area is 211 Å². The quantitative estimate of drug-likeness (QED) is 0.307. The van der Waals surface area contributed by atoms with Crippen molar-refractivity contribution in [3.63, 3.8) is 0 Å². The summed E-state index contributed by atoms with van der Waals surface area (Å²) >= 11 is 0. The average Bonchev–Trinajstić information content (AvgIpc) is 3.33. The highest BCUT2D eigenvalue weighted by Gasteiger charge is 2.59. The number of nitrogens with two attached hydrogens (primary N) is 2. The van der Waals surface area contributed by atoms with Crippen molar-refractivity contribution in [1.29, 1.82) is 0 Å². The van der Waals surface area contributed by atoms with Crippen LogP contribution in [0.15, 0.2) is 48.5 Å². The van der Waals surface area contributed by atoms with Gasteiger partial charge in [0.15, 0.2) is 0 Å². The Hall–Kier alpha value is -3.88. The minimum absolute atomic E-state index is 0.169. The molecule has 188 valence electrons. The molecule has 1 aromatic heterocycles. The largest absolute Gasteiger partial charge is 0.397 e. The third-order valence-corrected chi connectivity index (χ3v) is 8.07. The smallest absolute Gasteiger partial charge is 0.255 e. The average molecular weight is 487 g/mol. The van der Waals surface area contributed by atoms with E-state index in [-0.39, 0.29) is 28.7 Å². The molecule has 3 atom stereocenters. The first-order valence-corrected chi connectivity index (χ1v) is 12.4. The van der Waals surface area contributed by atoms with E-state index < -0.39 is 0 Å². The lowest BCUT2D eigenvalue weighted by atomic mass is 9.68. The van der Waals surface area contributed by atoms with Crippen LogP contribution in [0.4, 0.5) is 29.2 Å². The molecule has 3 aromatic rings. The highest BCUT2D eigenvalue weighted by atomic mass is 16.1. The van der Waals surface area contributed by atoms with Gasteiger partial charge in [-0.15, -0.1) is 0 Å². The summed E-state index contributed by atoms with van der Waals surface area (Å²) in [6, 6.07) is 14.8. The van der Waals surface area contributed by atoms with E-state index in [1.807, 2.05) is 24.3 Å². The van der Waals surface area contributed by atoms with E-state index in [4.69, 9.17) is 11.5 Å². The molecule has 2 aliphatic rings. The number of para-hydroxylation sites is 2. The minimum atomic E-state index is -0.217. The topological polar surface area (TPSA) is 144 Å². The third kappa shape index (κ3) is 4.53. The second-order valence-electron chi connectivity index (χ2n) is 10.9. The van der Waals surface area contributed by atoms with Crippen molar-refractivity contribution in [1.82, 2.24) is 15.0 Å². The Kier molecular flexibility index (Phi) is 5.94. The van der Waals surface area contributed by atoms with Crippen LogP contribution in [0.25, 0.3) is 0 Å². The van der Waals surface area contributed by atoms with Crippen molar-refractivity contribution < 1.29 is 4.79 Å². The highest BCUT2D eigenvalue weighted by Crippen LogP contribution is 2.63. The molecule has 2 unspecified atom stereocenters.